The second-order valence-electron chi connectivity index (χ2n) is 30.7. The molecule has 16 rings (SSSR count). The average molecular weight is 2040 g/mol. The van der Waals surface area contributed by atoms with E-state index < -0.39 is 157 Å². The highest BCUT2D eigenvalue weighted by Gasteiger charge is 2.80. The molecule has 2 saturated carbocycles. The zero-order valence-electron chi connectivity index (χ0n) is 70.8. The van der Waals surface area contributed by atoms with E-state index in [4.69, 9.17) is 94.7 Å². The molecule has 130 heavy (non-hydrogen) atoms. The molecule has 0 amide bonds. The number of aliphatic hydroxyl groups excluding tert-OH is 2. The fourth-order valence-corrected chi connectivity index (χ4v) is 18.7. The number of rotatable bonds is 28. The number of benzene rings is 10. The molecule has 6 aliphatic rings. The third-order valence-corrected chi connectivity index (χ3v) is 25.8. The standard InChI is InChI=1S/2C48H44Br2O15/c2*1-56-32-20-14-29(15-21-32)48-39(26-8-6-5-7-9-26)38(44(54)58-3)41(51)47(48,55)40-34(57-2)22-33(23-35(40)65-48)62-46-45(59-4)61-25-37(64-46)36(63-43(53)28-12-18-31(50)19-13-28)24-60-42(52)27-10-16-30(49)17-11-27/h2*5-23,36-39,41,45-46,51,55H,24-25H2,1-4H3/t2*36-,37-,38-,39-,41-,45-,46-,47+,48+/m11/s1. The summed E-state index contributed by atoms with van der Waals surface area (Å²) in [6.07, 6.45) is -13.0. The lowest BCUT2D eigenvalue weighted by Crippen LogP contribution is -2.53. The molecule has 680 valence electrons. The van der Waals surface area contributed by atoms with Gasteiger partial charge in [0.25, 0.3) is 12.6 Å². The molecule has 2 aliphatic carbocycles. The fourth-order valence-electron chi connectivity index (χ4n) is 17.6. The van der Waals surface area contributed by atoms with Crippen LogP contribution in [0.25, 0.3) is 0 Å². The van der Waals surface area contributed by atoms with Crippen molar-refractivity contribution in [2.45, 2.75) is 96.0 Å². The minimum absolute atomic E-state index is 0.0372. The van der Waals surface area contributed by atoms with Crippen LogP contribution in [-0.2, 0) is 88.8 Å². The van der Waals surface area contributed by atoms with Crippen molar-refractivity contribution in [2.24, 2.45) is 11.8 Å². The molecule has 4 aliphatic heterocycles. The highest BCUT2D eigenvalue weighted by atomic mass is 79.9. The molecule has 0 unspecified atom stereocenters. The number of methoxy groups -OCH3 is 8. The van der Waals surface area contributed by atoms with Crippen molar-refractivity contribution >= 4 is 99.5 Å². The van der Waals surface area contributed by atoms with Crippen LogP contribution in [0.3, 0.4) is 0 Å². The Morgan fingerprint density at radius 3 is 1.02 bits per heavy atom. The molecule has 30 nitrogen and oxygen atoms in total. The maximum Gasteiger partial charge on any atom is 0.338 e. The molecule has 0 spiro atoms. The van der Waals surface area contributed by atoms with E-state index >= 15 is 0 Å². The van der Waals surface area contributed by atoms with Gasteiger partial charge >= 0.3 is 35.8 Å². The number of esters is 6. The molecule has 10 aromatic carbocycles. The molecule has 0 aromatic heterocycles. The fraction of sp³-hybridized carbons (Fsp3) is 0.312. The van der Waals surface area contributed by atoms with Crippen molar-refractivity contribution in [3.05, 3.63) is 304 Å². The maximum atomic E-state index is 13.7. The number of aliphatic hydroxyl groups is 4. The first-order valence-corrected chi connectivity index (χ1v) is 43.8. The third kappa shape index (κ3) is 17.8. The van der Waals surface area contributed by atoms with Crippen molar-refractivity contribution in [1.29, 1.82) is 0 Å². The Morgan fingerprint density at radius 1 is 0.392 bits per heavy atom. The number of ether oxygens (including phenoxy) is 20. The van der Waals surface area contributed by atoms with Gasteiger partial charge in [0.1, 0.15) is 83.6 Å². The van der Waals surface area contributed by atoms with Gasteiger partial charge in [-0.3, -0.25) is 9.59 Å². The number of hydrogen-bond acceptors (Lipinski definition) is 30. The number of carbonyl (C=O) groups excluding carboxylic acids is 6. The van der Waals surface area contributed by atoms with Gasteiger partial charge in [0.15, 0.2) is 34.6 Å². The van der Waals surface area contributed by atoms with Gasteiger partial charge in [-0.2, -0.15) is 0 Å². The maximum absolute atomic E-state index is 13.7. The van der Waals surface area contributed by atoms with Crippen molar-refractivity contribution in [3.8, 4) is 46.0 Å². The van der Waals surface area contributed by atoms with Gasteiger partial charge in [0, 0.05) is 68.2 Å². The van der Waals surface area contributed by atoms with Crippen molar-refractivity contribution in [1.82, 2.24) is 0 Å². The molecule has 0 bridgehead atoms. The first-order valence-electron chi connectivity index (χ1n) is 40.6. The van der Waals surface area contributed by atoms with Crippen LogP contribution in [0.2, 0.25) is 0 Å². The molecule has 4 heterocycles. The van der Waals surface area contributed by atoms with Crippen LogP contribution in [-0.4, -0.2) is 201 Å². The summed E-state index contributed by atoms with van der Waals surface area (Å²) in [6.45, 7) is -1.17. The molecule has 4 N–H and O–H groups in total. The summed E-state index contributed by atoms with van der Waals surface area (Å²) in [5.74, 6) is -7.52. The third-order valence-electron chi connectivity index (χ3n) is 23.7. The highest BCUT2D eigenvalue weighted by molar-refractivity contribution is 9.11. The quantitative estimate of drug-likeness (QED) is 0.0261. The lowest BCUT2D eigenvalue weighted by molar-refractivity contribution is -0.323. The molecule has 0 radical (unpaired) electrons. The van der Waals surface area contributed by atoms with Gasteiger partial charge in [-0.25, -0.2) is 19.2 Å². The van der Waals surface area contributed by atoms with E-state index in [9.17, 15) is 49.2 Å². The van der Waals surface area contributed by atoms with E-state index in [2.05, 4.69) is 63.7 Å². The summed E-state index contributed by atoms with van der Waals surface area (Å²) in [6, 6.07) is 63.6. The summed E-state index contributed by atoms with van der Waals surface area (Å²) in [7, 11) is 11.0. The Labute approximate surface area is 779 Å². The summed E-state index contributed by atoms with van der Waals surface area (Å²) < 4.78 is 122. The second-order valence-corrected chi connectivity index (χ2v) is 34.4. The average Bonchev–Trinajstić information content (AvgIpc) is 1.49. The molecular weight excluding hydrogens is 1950 g/mol. The van der Waals surface area contributed by atoms with Gasteiger partial charge in [-0.15, -0.1) is 0 Å². The van der Waals surface area contributed by atoms with Crippen LogP contribution in [0, 0.1) is 11.8 Å². The number of hydrogen-bond donors (Lipinski definition) is 4. The SMILES string of the molecule is COC(=O)[C@H]1[C@@H](O)[C@@]2(O)c3c(OC)cc(O[C@@H]4O[C@@H]([C@@H](COC(=O)c5ccc(Br)cc5)OC(=O)c5ccc(Br)cc5)CO[C@H]4OC)cc3O[C@@]2(c2ccc(OC)cc2)[C@@H]1c1ccccc1.COC(=O)[C@H]1[C@@H](O)[C@@]2(O)c3c(OC)cc(O[C@@H]4O[C@@H]([C@@H](COC(=O)c5ccc(Br)cc5)OC(=O)c5ccc(Br)cc5)CO[C@H]4OC)cc3O[C@@]2(c2ccc(OC)cc2)[C@@H]1c1ccccc1. The Morgan fingerprint density at radius 2 is 0.715 bits per heavy atom. The molecule has 2 saturated heterocycles. The van der Waals surface area contributed by atoms with E-state index in [0.717, 1.165) is 17.9 Å². The summed E-state index contributed by atoms with van der Waals surface area (Å²) in [5, 5.41) is 51.3. The first-order chi connectivity index (χ1) is 62.7. The van der Waals surface area contributed by atoms with E-state index in [-0.39, 0.29) is 81.1 Å². The Balaban J connectivity index is 0.000000199. The van der Waals surface area contributed by atoms with Crippen LogP contribution in [0.1, 0.15) is 86.6 Å². The van der Waals surface area contributed by atoms with Gasteiger partial charge in [-0.05, 0) is 144 Å². The van der Waals surface area contributed by atoms with Gasteiger partial charge in [0.05, 0.1) is 101 Å². The zero-order valence-corrected chi connectivity index (χ0v) is 77.1. The Bertz CT molecular complexity index is 5360. The van der Waals surface area contributed by atoms with E-state index in [1.54, 1.807) is 194 Å². The smallest absolute Gasteiger partial charge is 0.338 e. The van der Waals surface area contributed by atoms with Gasteiger partial charge < -0.3 is 115 Å². The second kappa shape index (κ2) is 39.9. The normalized spacial score (nSPS) is 25.8. The number of halogens is 4. The molecule has 34 heteroatoms. The predicted octanol–water partition coefficient (Wildman–Crippen LogP) is 13.7. The summed E-state index contributed by atoms with van der Waals surface area (Å²) in [5.41, 5.74) is -5.28. The van der Waals surface area contributed by atoms with E-state index in [1.165, 1.54) is 81.1 Å². The van der Waals surface area contributed by atoms with Crippen LogP contribution in [0.5, 0.6) is 46.0 Å². The Hall–Kier alpha value is -11.1. The molecule has 18 atom stereocenters. The number of carbonyl (C=O) groups is 6. The van der Waals surface area contributed by atoms with Crippen molar-refractivity contribution in [2.75, 3.05) is 83.3 Å². The monoisotopic (exact) mass is 2040 g/mol. The number of fused-ring (bicyclic) bond motifs is 6. The van der Waals surface area contributed by atoms with Gasteiger partial charge in [-0.1, -0.05) is 149 Å². The van der Waals surface area contributed by atoms with Crippen LogP contribution in [0.4, 0.5) is 0 Å². The van der Waals surface area contributed by atoms with Crippen molar-refractivity contribution in [3.63, 3.8) is 0 Å². The van der Waals surface area contributed by atoms with E-state index in [1.807, 2.05) is 12.1 Å². The highest BCUT2D eigenvalue weighted by Crippen LogP contribution is 2.72. The van der Waals surface area contributed by atoms with E-state index in [0.29, 0.717) is 33.8 Å². The lowest BCUT2D eigenvalue weighted by atomic mass is 9.70. The largest absolute Gasteiger partial charge is 0.497 e. The summed E-state index contributed by atoms with van der Waals surface area (Å²) in [4.78, 5) is 80.6. The molecule has 10 aromatic rings. The minimum atomic E-state index is -2.33. The van der Waals surface area contributed by atoms with Crippen LogP contribution >= 0.6 is 63.7 Å². The lowest BCUT2D eigenvalue weighted by Gasteiger charge is -2.40. The zero-order chi connectivity index (χ0) is 92.1. The Kier molecular flexibility index (Phi) is 28.8. The van der Waals surface area contributed by atoms with Crippen LogP contribution < -0.4 is 37.9 Å². The summed E-state index contributed by atoms with van der Waals surface area (Å²) >= 11 is 13.5. The van der Waals surface area contributed by atoms with Crippen molar-refractivity contribution < 1.29 is 144 Å². The topological polar surface area (TPSA) is 368 Å². The molecular formula is C96H88Br4O30. The van der Waals surface area contributed by atoms with Crippen LogP contribution in [0.15, 0.2) is 248 Å². The van der Waals surface area contributed by atoms with Gasteiger partial charge in [0.2, 0.25) is 12.6 Å². The first kappa shape index (κ1) is 93.6. The predicted molar refractivity (Wildman–Crippen MR) is 473 cm³/mol. The minimum Gasteiger partial charge on any atom is -0.497 e. The molecule has 4 fully saturated rings.